The zero-order chi connectivity index (χ0) is 24.1. The van der Waals surface area contributed by atoms with Crippen molar-refractivity contribution in [1.82, 2.24) is 9.88 Å². The van der Waals surface area contributed by atoms with Crippen molar-refractivity contribution in [3.63, 3.8) is 0 Å². The first-order valence-corrected chi connectivity index (χ1v) is 10.8. The molecular formula is C24H36N2O6. The lowest BCUT2D eigenvalue weighted by molar-refractivity contribution is -0.390. The summed E-state index contributed by atoms with van der Waals surface area (Å²) >= 11 is 0. The minimum absolute atomic E-state index is 0.261. The Labute approximate surface area is 190 Å². The minimum atomic E-state index is -0.807. The summed E-state index contributed by atoms with van der Waals surface area (Å²) in [5, 5.41) is 3.58. The summed E-state index contributed by atoms with van der Waals surface area (Å²) in [6.45, 7) is 11.4. The molecule has 2 atom stereocenters. The molecule has 178 valence electrons. The Morgan fingerprint density at radius 3 is 2.38 bits per heavy atom. The van der Waals surface area contributed by atoms with E-state index in [2.05, 4.69) is 19.2 Å². The summed E-state index contributed by atoms with van der Waals surface area (Å²) in [7, 11) is 2.91. The maximum Gasteiger partial charge on any atom is 0.328 e. The van der Waals surface area contributed by atoms with Gasteiger partial charge in [0.05, 0.1) is 25.3 Å². The van der Waals surface area contributed by atoms with Crippen molar-refractivity contribution in [1.29, 1.82) is 0 Å². The number of aromatic nitrogens is 1. The monoisotopic (exact) mass is 448 g/mol. The van der Waals surface area contributed by atoms with Gasteiger partial charge in [-0.05, 0) is 56.9 Å². The van der Waals surface area contributed by atoms with Crippen LogP contribution in [0.1, 0.15) is 59.8 Å². The lowest BCUT2D eigenvalue weighted by Gasteiger charge is -2.26. The average Bonchev–Trinajstić information content (AvgIpc) is 3.06. The lowest BCUT2D eigenvalue weighted by atomic mass is 10.0. The maximum absolute atomic E-state index is 12.3. The third-order valence-corrected chi connectivity index (χ3v) is 4.80. The van der Waals surface area contributed by atoms with Crippen LogP contribution in [0.5, 0.6) is 5.75 Å². The maximum atomic E-state index is 12.3. The molecule has 1 aromatic carbocycles. The fraction of sp³-hybridized carbons (Fsp3) is 0.583. The van der Waals surface area contributed by atoms with Crippen LogP contribution >= 0.6 is 0 Å². The molecule has 0 saturated heterocycles. The molecule has 0 aliphatic heterocycles. The van der Waals surface area contributed by atoms with Crippen molar-refractivity contribution in [3.05, 3.63) is 30.0 Å². The largest absolute Gasteiger partial charge is 0.497 e. The van der Waals surface area contributed by atoms with Gasteiger partial charge in [-0.2, -0.15) is 0 Å². The molecule has 8 nitrogen and oxygen atoms in total. The van der Waals surface area contributed by atoms with E-state index in [-0.39, 0.29) is 18.6 Å². The molecule has 0 bridgehead atoms. The summed E-state index contributed by atoms with van der Waals surface area (Å²) in [4.78, 5) is 35.5. The molecule has 1 heterocycles. The van der Waals surface area contributed by atoms with E-state index in [4.69, 9.17) is 19.2 Å². The van der Waals surface area contributed by atoms with Gasteiger partial charge in [-0.15, -0.1) is 0 Å². The van der Waals surface area contributed by atoms with Crippen LogP contribution in [-0.4, -0.2) is 42.3 Å². The van der Waals surface area contributed by atoms with Crippen LogP contribution in [0.15, 0.2) is 24.4 Å². The Bertz CT molecular complexity index is 928. The molecule has 1 amide bonds. The Kier molecular flexibility index (Phi) is 8.69. The van der Waals surface area contributed by atoms with Gasteiger partial charge in [-0.1, -0.05) is 13.8 Å². The zero-order valence-corrected chi connectivity index (χ0v) is 20.4. The minimum Gasteiger partial charge on any atom is -0.497 e. The van der Waals surface area contributed by atoms with E-state index in [1.165, 1.54) is 14.0 Å². The number of rotatable bonds is 10. The van der Waals surface area contributed by atoms with Gasteiger partial charge in [-0.3, -0.25) is 4.79 Å². The third kappa shape index (κ3) is 6.97. The van der Waals surface area contributed by atoms with Crippen LogP contribution in [0.25, 0.3) is 10.9 Å². The van der Waals surface area contributed by atoms with E-state index in [9.17, 15) is 9.59 Å². The predicted molar refractivity (Wildman–Crippen MR) is 122 cm³/mol. The normalized spacial score (nSPS) is 13.8. The second-order valence-corrected chi connectivity index (χ2v) is 9.30. The van der Waals surface area contributed by atoms with Crippen LogP contribution in [0.2, 0.25) is 0 Å². The molecule has 1 aromatic heterocycles. The molecule has 0 aliphatic rings. The van der Waals surface area contributed by atoms with Crippen LogP contribution in [0, 0.1) is 5.92 Å². The molecule has 0 spiro atoms. The number of hydrogen-bond acceptors (Lipinski definition) is 6. The smallest absolute Gasteiger partial charge is 0.328 e. The second-order valence-electron chi connectivity index (χ2n) is 9.30. The first-order valence-electron chi connectivity index (χ1n) is 10.8. The van der Waals surface area contributed by atoms with E-state index in [0.717, 1.165) is 22.9 Å². The molecule has 1 unspecified atom stereocenters. The number of ether oxygens (including phenoxy) is 2. The van der Waals surface area contributed by atoms with Gasteiger partial charge in [0, 0.05) is 24.9 Å². The molecule has 1 N–H and O–H groups in total. The summed E-state index contributed by atoms with van der Waals surface area (Å²) in [5.41, 5.74) is 1.30. The van der Waals surface area contributed by atoms with Crippen molar-refractivity contribution in [2.75, 3.05) is 14.2 Å². The van der Waals surface area contributed by atoms with Crippen LogP contribution in [-0.2, 0) is 30.5 Å². The molecule has 0 radical (unpaired) electrons. The molecule has 0 aliphatic carbocycles. The third-order valence-electron chi connectivity index (χ3n) is 4.80. The summed E-state index contributed by atoms with van der Waals surface area (Å²) in [5.74, 6) is 0.235. The lowest BCUT2D eigenvalue weighted by Crippen LogP contribution is -2.41. The standard InChI is InChI=1S/C24H36N2O6/c1-15(2)11-22(31-32-24(4,5)6)26-14-17(12-20(23(28)30-8)25-16(3)27)19-13-18(29-7)9-10-21(19)26/h9-10,13-15,20,22H,11-12H2,1-8H3,(H,25,27)/t20-,22?/m0/s1. The predicted octanol–water partition coefficient (Wildman–Crippen LogP) is 4.16. The van der Waals surface area contributed by atoms with Crippen molar-refractivity contribution in [2.45, 2.75) is 72.3 Å². The molecule has 0 fully saturated rings. The number of hydrogen-bond donors (Lipinski definition) is 1. The van der Waals surface area contributed by atoms with E-state index < -0.39 is 17.6 Å². The van der Waals surface area contributed by atoms with Crippen molar-refractivity contribution in [3.8, 4) is 5.75 Å². The van der Waals surface area contributed by atoms with Gasteiger partial charge in [0.1, 0.15) is 11.8 Å². The topological polar surface area (TPSA) is 88.0 Å². The van der Waals surface area contributed by atoms with Crippen LogP contribution < -0.4 is 10.1 Å². The van der Waals surface area contributed by atoms with Gasteiger partial charge >= 0.3 is 5.97 Å². The van der Waals surface area contributed by atoms with E-state index in [0.29, 0.717) is 11.7 Å². The molecule has 8 heteroatoms. The van der Waals surface area contributed by atoms with Gasteiger partial charge in [0.15, 0.2) is 6.23 Å². The Balaban J connectivity index is 2.55. The SMILES string of the molecule is COC(=O)[C@H](Cc1cn(C(CC(C)C)OOC(C)(C)C)c2ccc(OC)cc12)NC(C)=O. The fourth-order valence-corrected chi connectivity index (χ4v) is 3.44. The molecule has 2 rings (SSSR count). The van der Waals surface area contributed by atoms with Crippen LogP contribution in [0.3, 0.4) is 0 Å². The summed E-state index contributed by atoms with van der Waals surface area (Å²) in [6, 6.07) is 4.95. The number of methoxy groups -OCH3 is 2. The molecule has 0 saturated carbocycles. The highest BCUT2D eigenvalue weighted by atomic mass is 17.2. The van der Waals surface area contributed by atoms with E-state index >= 15 is 0 Å². The summed E-state index contributed by atoms with van der Waals surface area (Å²) in [6.07, 6.45) is 2.55. The average molecular weight is 449 g/mol. The molecule has 32 heavy (non-hydrogen) atoms. The Morgan fingerprint density at radius 1 is 1.16 bits per heavy atom. The first-order chi connectivity index (χ1) is 14.9. The fourth-order valence-electron chi connectivity index (χ4n) is 3.44. The van der Waals surface area contributed by atoms with Crippen molar-refractivity contribution < 1.29 is 28.8 Å². The second kappa shape index (κ2) is 10.8. The first kappa shape index (κ1) is 25.7. The number of esters is 1. The van der Waals surface area contributed by atoms with Crippen molar-refractivity contribution >= 4 is 22.8 Å². The highest BCUT2D eigenvalue weighted by Gasteiger charge is 2.26. The number of nitrogens with one attached hydrogen (secondary N) is 1. The number of amides is 1. The van der Waals surface area contributed by atoms with E-state index in [1.807, 2.05) is 49.7 Å². The Morgan fingerprint density at radius 2 is 1.84 bits per heavy atom. The quantitative estimate of drug-likeness (QED) is 0.334. The molecule has 2 aromatic rings. The van der Waals surface area contributed by atoms with Gasteiger partial charge in [0.25, 0.3) is 0 Å². The number of fused-ring (bicyclic) bond motifs is 1. The summed E-state index contributed by atoms with van der Waals surface area (Å²) < 4.78 is 12.3. The van der Waals surface area contributed by atoms with Gasteiger partial charge in [0.2, 0.25) is 5.91 Å². The van der Waals surface area contributed by atoms with Crippen LogP contribution in [0.4, 0.5) is 0 Å². The number of carbonyl (C=O) groups excluding carboxylic acids is 2. The number of benzene rings is 1. The number of carbonyl (C=O) groups is 2. The number of nitrogens with zero attached hydrogens (tertiary/aromatic N) is 1. The Hall–Kier alpha value is -2.58. The highest BCUT2D eigenvalue weighted by molar-refractivity contribution is 5.88. The molecular weight excluding hydrogens is 412 g/mol. The van der Waals surface area contributed by atoms with Gasteiger partial charge < -0.3 is 19.4 Å². The zero-order valence-electron chi connectivity index (χ0n) is 20.4. The van der Waals surface area contributed by atoms with E-state index in [1.54, 1.807) is 7.11 Å². The highest BCUT2D eigenvalue weighted by Crippen LogP contribution is 2.33. The van der Waals surface area contributed by atoms with Crippen molar-refractivity contribution in [2.24, 2.45) is 5.92 Å². The van der Waals surface area contributed by atoms with Gasteiger partial charge in [-0.25, -0.2) is 14.6 Å².